The number of Topliss-reactive ketones (excluding diaryl/α,β-unsaturated/α-hetero) is 1. The van der Waals surface area contributed by atoms with E-state index in [1.807, 2.05) is 30.3 Å². The van der Waals surface area contributed by atoms with Gasteiger partial charge in [-0.1, -0.05) is 18.2 Å². The van der Waals surface area contributed by atoms with E-state index < -0.39 is 0 Å². The zero-order valence-corrected chi connectivity index (χ0v) is 7.69. The predicted octanol–water partition coefficient (Wildman–Crippen LogP) is 2.88. The summed E-state index contributed by atoms with van der Waals surface area (Å²) < 4.78 is 5.67. The first-order valence-corrected chi connectivity index (χ1v) is 4.83. The Morgan fingerprint density at radius 3 is 2.71 bits per heavy atom. The molecule has 1 aromatic carbocycles. The Balaban J connectivity index is 2.02. The van der Waals surface area contributed by atoms with Crippen molar-refractivity contribution in [3.05, 3.63) is 36.1 Å². The van der Waals surface area contributed by atoms with Crippen molar-refractivity contribution in [3.8, 4) is 0 Å². The van der Waals surface area contributed by atoms with Gasteiger partial charge in [0, 0.05) is 24.1 Å². The smallest absolute Gasteiger partial charge is 0.134 e. The normalized spacial score (nSPS) is 17.3. The molecule has 0 saturated heterocycles. The van der Waals surface area contributed by atoms with Crippen LogP contribution in [0.3, 0.4) is 0 Å². The fourth-order valence-electron chi connectivity index (χ4n) is 1.89. The van der Waals surface area contributed by atoms with Crippen LogP contribution in [0.15, 0.2) is 34.7 Å². The maximum absolute atomic E-state index is 10.9. The summed E-state index contributed by atoms with van der Waals surface area (Å²) in [7, 11) is 0. The van der Waals surface area contributed by atoms with Crippen molar-refractivity contribution in [2.75, 3.05) is 0 Å². The third-order valence-corrected chi connectivity index (χ3v) is 2.80. The van der Waals surface area contributed by atoms with Crippen LogP contribution in [0.4, 0.5) is 0 Å². The van der Waals surface area contributed by atoms with Crippen molar-refractivity contribution in [2.24, 2.45) is 0 Å². The second-order valence-corrected chi connectivity index (χ2v) is 3.83. The Bertz CT molecular complexity index is 455. The van der Waals surface area contributed by atoms with Gasteiger partial charge < -0.3 is 4.42 Å². The number of ketones is 1. The van der Waals surface area contributed by atoms with Gasteiger partial charge in [-0.05, 0) is 12.1 Å². The van der Waals surface area contributed by atoms with Gasteiger partial charge in [-0.3, -0.25) is 4.79 Å². The minimum absolute atomic E-state index is 0.329. The zero-order chi connectivity index (χ0) is 9.54. The first-order valence-electron chi connectivity index (χ1n) is 4.83. The minimum atomic E-state index is 0.329. The molecule has 0 unspecified atom stereocenters. The molecule has 0 amide bonds. The number of fused-ring (bicyclic) bond motifs is 1. The monoisotopic (exact) mass is 186 g/mol. The molecule has 1 fully saturated rings. The number of para-hydroxylation sites is 1. The van der Waals surface area contributed by atoms with Gasteiger partial charge >= 0.3 is 0 Å². The molecule has 2 heteroatoms. The van der Waals surface area contributed by atoms with E-state index in [0.29, 0.717) is 24.5 Å². The molecule has 0 N–H and O–H groups in total. The highest BCUT2D eigenvalue weighted by atomic mass is 16.3. The molecule has 1 aliphatic carbocycles. The Kier molecular flexibility index (Phi) is 1.51. The highest BCUT2D eigenvalue weighted by molar-refractivity contribution is 5.87. The lowest BCUT2D eigenvalue weighted by molar-refractivity contribution is -0.125. The van der Waals surface area contributed by atoms with Crippen LogP contribution >= 0.6 is 0 Å². The third kappa shape index (κ3) is 1.07. The van der Waals surface area contributed by atoms with Crippen LogP contribution < -0.4 is 0 Å². The molecule has 0 aliphatic heterocycles. The number of hydrogen-bond donors (Lipinski definition) is 0. The maximum atomic E-state index is 10.9. The molecule has 2 nitrogen and oxygen atoms in total. The van der Waals surface area contributed by atoms with Crippen molar-refractivity contribution in [2.45, 2.75) is 18.8 Å². The molecule has 1 saturated carbocycles. The highest BCUT2D eigenvalue weighted by Crippen LogP contribution is 2.36. The summed E-state index contributed by atoms with van der Waals surface area (Å²) >= 11 is 0. The van der Waals surface area contributed by atoms with E-state index in [9.17, 15) is 4.79 Å². The molecule has 1 heterocycles. The van der Waals surface area contributed by atoms with Gasteiger partial charge in [0.05, 0.1) is 0 Å². The molecule has 1 aromatic heterocycles. The van der Waals surface area contributed by atoms with Gasteiger partial charge in [0.2, 0.25) is 0 Å². The molecular weight excluding hydrogens is 176 g/mol. The van der Waals surface area contributed by atoms with Crippen LogP contribution in [-0.2, 0) is 4.79 Å². The van der Waals surface area contributed by atoms with Gasteiger partial charge in [0.1, 0.15) is 17.1 Å². The van der Waals surface area contributed by atoms with Crippen molar-refractivity contribution in [1.82, 2.24) is 0 Å². The molecule has 70 valence electrons. The summed E-state index contributed by atoms with van der Waals surface area (Å²) in [5, 5.41) is 1.13. The molecule has 1 aliphatic rings. The second-order valence-electron chi connectivity index (χ2n) is 3.83. The zero-order valence-electron chi connectivity index (χ0n) is 7.69. The minimum Gasteiger partial charge on any atom is -0.461 e. The fourth-order valence-corrected chi connectivity index (χ4v) is 1.89. The Labute approximate surface area is 81.5 Å². The molecule has 3 rings (SSSR count). The second kappa shape index (κ2) is 2.71. The molecule has 14 heavy (non-hydrogen) atoms. The molecular formula is C12H10O2. The number of benzene rings is 1. The topological polar surface area (TPSA) is 30.2 Å². The van der Waals surface area contributed by atoms with Gasteiger partial charge in [-0.2, -0.15) is 0 Å². The summed E-state index contributed by atoms with van der Waals surface area (Å²) in [5.41, 5.74) is 0.918. The van der Waals surface area contributed by atoms with Gasteiger partial charge in [-0.25, -0.2) is 0 Å². The standard InChI is InChI=1S/C12H10O2/c13-10-5-9(6-10)12-7-8-3-1-2-4-11(8)14-12/h1-4,7,9H,5-6H2. The van der Waals surface area contributed by atoms with Gasteiger partial charge in [-0.15, -0.1) is 0 Å². The average Bonchev–Trinajstić information content (AvgIpc) is 2.55. The largest absolute Gasteiger partial charge is 0.461 e. The van der Waals surface area contributed by atoms with Crippen LogP contribution in [0.2, 0.25) is 0 Å². The number of carbonyl (C=O) groups excluding carboxylic acids is 1. The van der Waals surface area contributed by atoms with E-state index >= 15 is 0 Å². The molecule has 0 spiro atoms. The van der Waals surface area contributed by atoms with Gasteiger partial charge in [0.15, 0.2) is 0 Å². The van der Waals surface area contributed by atoms with Crippen LogP contribution in [0, 0.1) is 0 Å². The van der Waals surface area contributed by atoms with E-state index in [4.69, 9.17) is 4.42 Å². The van der Waals surface area contributed by atoms with Crippen LogP contribution in [0.1, 0.15) is 24.5 Å². The van der Waals surface area contributed by atoms with Crippen molar-refractivity contribution >= 4 is 16.8 Å². The first kappa shape index (κ1) is 7.80. The summed E-state index contributed by atoms with van der Waals surface area (Å²) in [5.74, 6) is 1.64. The first-order chi connectivity index (χ1) is 6.83. The molecule has 0 bridgehead atoms. The van der Waals surface area contributed by atoms with E-state index in [-0.39, 0.29) is 0 Å². The fraction of sp³-hybridized carbons (Fsp3) is 0.250. The summed E-state index contributed by atoms with van der Waals surface area (Å²) in [6.07, 6.45) is 1.31. The number of furan rings is 1. The number of carbonyl (C=O) groups is 1. The molecule has 2 aromatic rings. The number of hydrogen-bond acceptors (Lipinski definition) is 2. The molecule has 0 atom stereocenters. The van der Waals surface area contributed by atoms with E-state index in [2.05, 4.69) is 0 Å². The van der Waals surface area contributed by atoms with Crippen LogP contribution in [0.5, 0.6) is 0 Å². The van der Waals surface area contributed by atoms with Gasteiger partial charge in [0.25, 0.3) is 0 Å². The SMILES string of the molecule is O=C1CC(c2cc3ccccc3o2)C1. The highest BCUT2D eigenvalue weighted by Gasteiger charge is 2.30. The Morgan fingerprint density at radius 2 is 2.00 bits per heavy atom. The third-order valence-electron chi connectivity index (χ3n) is 2.80. The lowest BCUT2D eigenvalue weighted by Crippen LogP contribution is -2.20. The van der Waals surface area contributed by atoms with E-state index in [0.717, 1.165) is 16.7 Å². The van der Waals surface area contributed by atoms with Crippen molar-refractivity contribution in [1.29, 1.82) is 0 Å². The van der Waals surface area contributed by atoms with Crippen molar-refractivity contribution in [3.63, 3.8) is 0 Å². The average molecular weight is 186 g/mol. The molecule has 0 radical (unpaired) electrons. The lowest BCUT2D eigenvalue weighted by atomic mass is 9.82. The Hall–Kier alpha value is -1.57. The van der Waals surface area contributed by atoms with Crippen molar-refractivity contribution < 1.29 is 9.21 Å². The quantitative estimate of drug-likeness (QED) is 0.685. The summed E-state index contributed by atoms with van der Waals surface area (Å²) in [4.78, 5) is 10.9. The van der Waals surface area contributed by atoms with E-state index in [1.54, 1.807) is 0 Å². The lowest BCUT2D eigenvalue weighted by Gasteiger charge is -2.21. The summed E-state index contributed by atoms with van der Waals surface area (Å²) in [6, 6.07) is 9.99. The van der Waals surface area contributed by atoms with Crippen LogP contribution in [0.25, 0.3) is 11.0 Å². The summed E-state index contributed by atoms with van der Waals surface area (Å²) in [6.45, 7) is 0. The Morgan fingerprint density at radius 1 is 1.21 bits per heavy atom. The van der Waals surface area contributed by atoms with Crippen LogP contribution in [-0.4, -0.2) is 5.78 Å². The predicted molar refractivity (Wildman–Crippen MR) is 53.2 cm³/mol. The maximum Gasteiger partial charge on any atom is 0.134 e. The van der Waals surface area contributed by atoms with E-state index in [1.165, 1.54) is 0 Å². The number of rotatable bonds is 1.